The maximum Gasteiger partial charge on any atom is 0.225 e. The highest BCUT2D eigenvalue weighted by Gasteiger charge is 2.18. The van der Waals surface area contributed by atoms with Gasteiger partial charge in [-0.2, -0.15) is 0 Å². The van der Waals surface area contributed by atoms with E-state index < -0.39 is 11.6 Å². The number of rotatable bonds is 7. The van der Waals surface area contributed by atoms with Gasteiger partial charge in [-0.1, -0.05) is 0 Å². The molecule has 0 radical (unpaired) electrons. The first-order valence-electron chi connectivity index (χ1n) is 9.86. The second-order valence-corrected chi connectivity index (χ2v) is 6.74. The molecule has 1 aliphatic rings. The first-order valence-corrected chi connectivity index (χ1v) is 9.86. The zero-order valence-electron chi connectivity index (χ0n) is 17.0. The Balaban J connectivity index is 0.00000320. The summed E-state index contributed by atoms with van der Waals surface area (Å²) in [4.78, 5) is 17.5. The standard InChI is InChI=1S/C20H27F2N7.HI/c1-2-23-19(27-15-16-14-17(21)4-5-18(16)22)24-8-9-28-10-12-29(13-11-28)20-25-6-3-7-26-20;/h3-7,14H,2,8-13,15H2,1H3,(H2,23,24,27);1H. The molecule has 2 N–H and O–H groups in total. The normalized spacial score (nSPS) is 14.9. The third-order valence-corrected chi connectivity index (χ3v) is 4.69. The van der Waals surface area contributed by atoms with Crippen molar-refractivity contribution >= 4 is 35.9 Å². The lowest BCUT2D eigenvalue weighted by molar-refractivity contribution is 0.260. The number of nitrogens with zero attached hydrogens (tertiary/aromatic N) is 5. The second-order valence-electron chi connectivity index (χ2n) is 6.74. The minimum atomic E-state index is -0.463. The molecular formula is C20H28F2IN7. The number of nitrogens with one attached hydrogen (secondary N) is 2. The maximum absolute atomic E-state index is 13.8. The van der Waals surface area contributed by atoms with E-state index in [1.54, 1.807) is 12.4 Å². The van der Waals surface area contributed by atoms with E-state index in [2.05, 4.69) is 35.4 Å². The van der Waals surface area contributed by atoms with Crippen LogP contribution in [0.5, 0.6) is 0 Å². The van der Waals surface area contributed by atoms with Gasteiger partial charge in [-0.25, -0.2) is 23.7 Å². The summed E-state index contributed by atoms with van der Waals surface area (Å²) >= 11 is 0. The molecule has 2 heterocycles. The van der Waals surface area contributed by atoms with Gasteiger partial charge in [0.25, 0.3) is 0 Å². The van der Waals surface area contributed by atoms with Crippen molar-refractivity contribution in [1.82, 2.24) is 25.5 Å². The summed E-state index contributed by atoms with van der Waals surface area (Å²) in [6.07, 6.45) is 3.52. The van der Waals surface area contributed by atoms with E-state index in [4.69, 9.17) is 0 Å². The molecule has 7 nitrogen and oxygen atoms in total. The molecule has 1 fully saturated rings. The molecule has 3 rings (SSSR count). The molecule has 0 saturated carbocycles. The van der Waals surface area contributed by atoms with E-state index in [0.717, 1.165) is 50.8 Å². The zero-order chi connectivity index (χ0) is 20.5. The Hall–Kier alpha value is -2.08. The topological polar surface area (TPSA) is 68.7 Å². The summed E-state index contributed by atoms with van der Waals surface area (Å²) in [6, 6.07) is 5.23. The van der Waals surface area contributed by atoms with Crippen molar-refractivity contribution in [1.29, 1.82) is 0 Å². The van der Waals surface area contributed by atoms with Crippen LogP contribution in [0, 0.1) is 11.6 Å². The van der Waals surface area contributed by atoms with Crippen molar-refractivity contribution in [3.05, 3.63) is 53.9 Å². The van der Waals surface area contributed by atoms with Crippen molar-refractivity contribution in [3.8, 4) is 0 Å². The number of anilines is 1. The molecule has 0 aliphatic carbocycles. The van der Waals surface area contributed by atoms with Crippen molar-refractivity contribution in [3.63, 3.8) is 0 Å². The molecule has 0 amide bonds. The summed E-state index contributed by atoms with van der Waals surface area (Å²) in [5.74, 6) is 0.449. The lowest BCUT2D eigenvalue weighted by Crippen LogP contribution is -2.49. The highest BCUT2D eigenvalue weighted by Crippen LogP contribution is 2.11. The number of hydrogen-bond acceptors (Lipinski definition) is 5. The Kier molecular flexibility index (Phi) is 10.1. The first kappa shape index (κ1) is 24.2. The fourth-order valence-corrected chi connectivity index (χ4v) is 3.13. The van der Waals surface area contributed by atoms with Crippen molar-refractivity contribution < 1.29 is 8.78 Å². The number of aliphatic imine (C=N–C) groups is 1. The molecule has 0 unspecified atom stereocenters. The SMILES string of the molecule is CCNC(=NCc1cc(F)ccc1F)NCCN1CCN(c2ncccn2)CC1.I. The average Bonchev–Trinajstić information content (AvgIpc) is 2.75. The molecule has 164 valence electrons. The number of guanidine groups is 1. The third kappa shape index (κ3) is 7.31. The summed E-state index contributed by atoms with van der Waals surface area (Å²) in [7, 11) is 0. The predicted octanol–water partition coefficient (Wildman–Crippen LogP) is 2.25. The van der Waals surface area contributed by atoms with Crippen molar-refractivity contribution in [2.75, 3.05) is 50.7 Å². The third-order valence-electron chi connectivity index (χ3n) is 4.69. The van der Waals surface area contributed by atoms with E-state index in [0.29, 0.717) is 19.0 Å². The van der Waals surface area contributed by atoms with E-state index in [1.807, 2.05) is 13.0 Å². The summed E-state index contributed by atoms with van der Waals surface area (Å²) in [6.45, 7) is 7.94. The summed E-state index contributed by atoms with van der Waals surface area (Å²) < 4.78 is 27.1. The van der Waals surface area contributed by atoms with Crippen LogP contribution in [-0.4, -0.2) is 66.6 Å². The van der Waals surface area contributed by atoms with Crippen LogP contribution in [-0.2, 0) is 6.54 Å². The monoisotopic (exact) mass is 531 g/mol. The van der Waals surface area contributed by atoms with Gasteiger partial charge in [0, 0.05) is 63.8 Å². The molecule has 10 heteroatoms. The Morgan fingerprint density at radius 3 is 2.53 bits per heavy atom. The molecule has 2 aromatic rings. The van der Waals surface area contributed by atoms with Crippen LogP contribution in [0.1, 0.15) is 12.5 Å². The molecule has 1 aliphatic heterocycles. The van der Waals surface area contributed by atoms with Crippen LogP contribution in [0.4, 0.5) is 14.7 Å². The molecule has 0 spiro atoms. The van der Waals surface area contributed by atoms with Crippen LogP contribution in [0.3, 0.4) is 0 Å². The van der Waals surface area contributed by atoms with E-state index >= 15 is 0 Å². The minimum Gasteiger partial charge on any atom is -0.357 e. The maximum atomic E-state index is 13.8. The van der Waals surface area contributed by atoms with Gasteiger partial charge >= 0.3 is 0 Å². The predicted molar refractivity (Wildman–Crippen MR) is 125 cm³/mol. The molecule has 30 heavy (non-hydrogen) atoms. The summed E-state index contributed by atoms with van der Waals surface area (Å²) in [5.41, 5.74) is 0.237. The number of piperazine rings is 1. The van der Waals surface area contributed by atoms with Crippen molar-refractivity contribution in [2.24, 2.45) is 4.99 Å². The van der Waals surface area contributed by atoms with E-state index in [1.165, 1.54) is 6.07 Å². The van der Waals surface area contributed by atoms with Gasteiger partial charge in [-0.05, 0) is 31.2 Å². The molecule has 1 aromatic carbocycles. The van der Waals surface area contributed by atoms with Gasteiger partial charge in [0.1, 0.15) is 11.6 Å². The van der Waals surface area contributed by atoms with Crippen LogP contribution in [0.15, 0.2) is 41.7 Å². The van der Waals surface area contributed by atoms with Crippen LogP contribution >= 0.6 is 24.0 Å². The molecule has 1 saturated heterocycles. The smallest absolute Gasteiger partial charge is 0.225 e. The van der Waals surface area contributed by atoms with E-state index in [9.17, 15) is 8.78 Å². The highest BCUT2D eigenvalue weighted by molar-refractivity contribution is 14.0. The summed E-state index contributed by atoms with van der Waals surface area (Å²) in [5, 5.41) is 6.39. The zero-order valence-corrected chi connectivity index (χ0v) is 19.4. The van der Waals surface area contributed by atoms with E-state index in [-0.39, 0.29) is 36.1 Å². The molecule has 0 bridgehead atoms. The first-order chi connectivity index (χ1) is 14.2. The Bertz CT molecular complexity index is 799. The van der Waals surface area contributed by atoms with Crippen molar-refractivity contribution in [2.45, 2.75) is 13.5 Å². The van der Waals surface area contributed by atoms with Gasteiger partial charge in [-0.15, -0.1) is 24.0 Å². The lowest BCUT2D eigenvalue weighted by atomic mass is 10.2. The van der Waals surface area contributed by atoms with Crippen LogP contribution in [0.25, 0.3) is 0 Å². The van der Waals surface area contributed by atoms with Gasteiger partial charge in [0.2, 0.25) is 5.95 Å². The average molecular weight is 531 g/mol. The quantitative estimate of drug-likeness (QED) is 0.325. The Morgan fingerprint density at radius 2 is 1.83 bits per heavy atom. The van der Waals surface area contributed by atoms with Gasteiger partial charge in [0.15, 0.2) is 5.96 Å². The molecule has 0 atom stereocenters. The Labute approximate surface area is 193 Å². The Morgan fingerprint density at radius 1 is 1.10 bits per heavy atom. The highest BCUT2D eigenvalue weighted by atomic mass is 127. The van der Waals surface area contributed by atoms with Crippen LogP contribution < -0.4 is 15.5 Å². The fourth-order valence-electron chi connectivity index (χ4n) is 3.13. The van der Waals surface area contributed by atoms with Gasteiger partial charge < -0.3 is 15.5 Å². The molecule has 1 aromatic heterocycles. The number of hydrogen-bond donors (Lipinski definition) is 2. The van der Waals surface area contributed by atoms with Gasteiger partial charge in [0.05, 0.1) is 6.54 Å². The second kappa shape index (κ2) is 12.6. The number of halogens is 3. The largest absolute Gasteiger partial charge is 0.357 e. The van der Waals surface area contributed by atoms with Gasteiger partial charge in [-0.3, -0.25) is 4.90 Å². The fraction of sp³-hybridized carbons (Fsp3) is 0.450. The lowest BCUT2D eigenvalue weighted by Gasteiger charge is -2.34. The number of aromatic nitrogens is 2. The number of benzene rings is 1. The van der Waals surface area contributed by atoms with Crippen LogP contribution in [0.2, 0.25) is 0 Å². The molecular weight excluding hydrogens is 503 g/mol. The minimum absolute atomic E-state index is 0.